The second-order valence-corrected chi connectivity index (χ2v) is 4.51. The molecule has 0 saturated carbocycles. The van der Waals surface area contributed by atoms with Gasteiger partial charge in [0.05, 0.1) is 6.20 Å². The van der Waals surface area contributed by atoms with Crippen LogP contribution in [0.25, 0.3) is 0 Å². The molecule has 1 heterocycles. The summed E-state index contributed by atoms with van der Waals surface area (Å²) >= 11 is 0. The van der Waals surface area contributed by atoms with Crippen LogP contribution in [0.15, 0.2) is 36.7 Å². The molecular formula is C14H19ClN4O. The van der Waals surface area contributed by atoms with Crippen molar-refractivity contribution in [1.82, 2.24) is 15.1 Å². The summed E-state index contributed by atoms with van der Waals surface area (Å²) in [7, 11) is 1.89. The minimum absolute atomic E-state index is 0. The molecule has 0 aliphatic rings. The van der Waals surface area contributed by atoms with E-state index in [1.165, 1.54) is 5.56 Å². The van der Waals surface area contributed by atoms with Gasteiger partial charge in [-0.2, -0.15) is 5.10 Å². The molecule has 0 spiro atoms. The van der Waals surface area contributed by atoms with Crippen LogP contribution < -0.4 is 11.1 Å². The third-order valence-corrected chi connectivity index (χ3v) is 2.83. The highest BCUT2D eigenvalue weighted by molar-refractivity contribution is 5.94. The summed E-state index contributed by atoms with van der Waals surface area (Å²) in [4.78, 5) is 11.8. The minimum atomic E-state index is -0.0847. The number of nitrogen functional groups attached to an aromatic ring is 1. The zero-order valence-corrected chi connectivity index (χ0v) is 12.2. The molecule has 108 valence electrons. The first-order chi connectivity index (χ1) is 9.15. The number of anilines is 1. The Kier molecular flexibility index (Phi) is 6.06. The number of rotatable bonds is 5. The SMILES string of the molecule is Cl.Cn1cc(CCCNC(=O)c2cccc(N)c2)cn1. The molecule has 0 aliphatic carbocycles. The van der Waals surface area contributed by atoms with Crippen molar-refractivity contribution in [1.29, 1.82) is 0 Å². The maximum absolute atomic E-state index is 11.8. The van der Waals surface area contributed by atoms with E-state index >= 15 is 0 Å². The Morgan fingerprint density at radius 1 is 1.45 bits per heavy atom. The lowest BCUT2D eigenvalue weighted by Crippen LogP contribution is -2.24. The first-order valence-corrected chi connectivity index (χ1v) is 6.26. The van der Waals surface area contributed by atoms with E-state index < -0.39 is 0 Å². The van der Waals surface area contributed by atoms with Crippen molar-refractivity contribution in [2.45, 2.75) is 12.8 Å². The Morgan fingerprint density at radius 3 is 2.90 bits per heavy atom. The van der Waals surface area contributed by atoms with Crippen LogP contribution in [0.3, 0.4) is 0 Å². The number of carbonyl (C=O) groups is 1. The number of aromatic nitrogens is 2. The van der Waals surface area contributed by atoms with Crippen LogP contribution in [0.4, 0.5) is 5.69 Å². The molecule has 0 radical (unpaired) electrons. The molecule has 0 bridgehead atoms. The second-order valence-electron chi connectivity index (χ2n) is 4.51. The quantitative estimate of drug-likeness (QED) is 0.652. The summed E-state index contributed by atoms with van der Waals surface area (Å²) in [6, 6.07) is 6.97. The van der Waals surface area contributed by atoms with Crippen molar-refractivity contribution in [2.24, 2.45) is 7.05 Å². The number of amides is 1. The number of nitrogens with zero attached hydrogens (tertiary/aromatic N) is 2. The average molecular weight is 295 g/mol. The first-order valence-electron chi connectivity index (χ1n) is 6.26. The Hall–Kier alpha value is -2.01. The Balaban J connectivity index is 0.00000200. The summed E-state index contributed by atoms with van der Waals surface area (Å²) in [5.74, 6) is -0.0847. The molecule has 5 nitrogen and oxygen atoms in total. The highest BCUT2D eigenvalue weighted by Gasteiger charge is 2.04. The molecule has 0 atom stereocenters. The van der Waals surface area contributed by atoms with E-state index in [1.54, 1.807) is 28.9 Å². The zero-order valence-electron chi connectivity index (χ0n) is 11.4. The highest BCUT2D eigenvalue weighted by Crippen LogP contribution is 2.06. The molecule has 1 amide bonds. The lowest BCUT2D eigenvalue weighted by atomic mass is 10.1. The fourth-order valence-electron chi connectivity index (χ4n) is 1.88. The normalized spacial score (nSPS) is 9.85. The largest absolute Gasteiger partial charge is 0.399 e. The maximum atomic E-state index is 11.8. The summed E-state index contributed by atoms with van der Waals surface area (Å²) in [5, 5.41) is 6.98. The van der Waals surface area contributed by atoms with E-state index in [0.29, 0.717) is 17.8 Å². The molecule has 1 aromatic heterocycles. The monoisotopic (exact) mass is 294 g/mol. The predicted octanol–water partition coefficient (Wildman–Crippen LogP) is 1.79. The molecule has 2 rings (SSSR count). The van der Waals surface area contributed by atoms with Gasteiger partial charge in [-0.15, -0.1) is 12.4 Å². The molecule has 1 aromatic carbocycles. The van der Waals surface area contributed by atoms with Crippen LogP contribution in [0.5, 0.6) is 0 Å². The van der Waals surface area contributed by atoms with E-state index in [9.17, 15) is 4.79 Å². The van der Waals surface area contributed by atoms with Gasteiger partial charge in [0.1, 0.15) is 0 Å². The molecular weight excluding hydrogens is 276 g/mol. The number of nitrogens with one attached hydrogen (secondary N) is 1. The van der Waals surface area contributed by atoms with Gasteiger partial charge in [0.25, 0.3) is 5.91 Å². The number of hydrogen-bond acceptors (Lipinski definition) is 3. The van der Waals surface area contributed by atoms with E-state index in [-0.39, 0.29) is 18.3 Å². The predicted molar refractivity (Wildman–Crippen MR) is 82.0 cm³/mol. The fourth-order valence-corrected chi connectivity index (χ4v) is 1.88. The summed E-state index contributed by atoms with van der Waals surface area (Å²) in [6.07, 6.45) is 5.63. The molecule has 20 heavy (non-hydrogen) atoms. The molecule has 0 fully saturated rings. The molecule has 0 aliphatic heterocycles. The van der Waals surface area contributed by atoms with Gasteiger partial charge in [0.15, 0.2) is 0 Å². The number of halogens is 1. The van der Waals surface area contributed by atoms with Crippen molar-refractivity contribution in [2.75, 3.05) is 12.3 Å². The number of nitrogens with two attached hydrogens (primary N) is 1. The van der Waals surface area contributed by atoms with E-state index in [4.69, 9.17) is 5.73 Å². The standard InChI is InChI=1S/C14H18N4O.ClH/c1-18-10-11(9-17-18)4-3-7-16-14(19)12-5-2-6-13(15)8-12;/h2,5-6,8-10H,3-4,7,15H2,1H3,(H,16,19);1H. The topological polar surface area (TPSA) is 72.9 Å². The molecule has 6 heteroatoms. The fraction of sp³-hybridized carbons (Fsp3) is 0.286. The lowest BCUT2D eigenvalue weighted by molar-refractivity contribution is 0.0953. The van der Waals surface area contributed by atoms with Gasteiger partial charge in [-0.25, -0.2) is 0 Å². The second kappa shape index (κ2) is 7.55. The van der Waals surface area contributed by atoms with Gasteiger partial charge in [-0.1, -0.05) is 6.07 Å². The van der Waals surface area contributed by atoms with Gasteiger partial charge in [-0.3, -0.25) is 9.48 Å². The summed E-state index contributed by atoms with van der Waals surface area (Å²) in [6.45, 7) is 0.641. The van der Waals surface area contributed by atoms with Crippen LogP contribution >= 0.6 is 12.4 Å². The Morgan fingerprint density at radius 2 is 2.25 bits per heavy atom. The van der Waals surface area contributed by atoms with Gasteiger partial charge < -0.3 is 11.1 Å². The molecule has 3 N–H and O–H groups in total. The molecule has 0 saturated heterocycles. The van der Waals surface area contributed by atoms with Gasteiger partial charge in [0.2, 0.25) is 0 Å². The van der Waals surface area contributed by atoms with Crippen molar-refractivity contribution < 1.29 is 4.79 Å². The average Bonchev–Trinajstić information content (AvgIpc) is 2.80. The van der Waals surface area contributed by atoms with Crippen LogP contribution in [-0.4, -0.2) is 22.2 Å². The van der Waals surface area contributed by atoms with E-state index in [0.717, 1.165) is 12.8 Å². The third-order valence-electron chi connectivity index (χ3n) is 2.83. The summed E-state index contributed by atoms with van der Waals surface area (Å²) in [5.41, 5.74) is 8.02. The number of hydrogen-bond donors (Lipinski definition) is 2. The van der Waals surface area contributed by atoms with Crippen molar-refractivity contribution >= 4 is 24.0 Å². The Labute approximate surface area is 124 Å². The van der Waals surface area contributed by atoms with E-state index in [2.05, 4.69) is 10.4 Å². The lowest BCUT2D eigenvalue weighted by Gasteiger charge is -2.05. The van der Waals surface area contributed by atoms with Crippen molar-refractivity contribution in [3.8, 4) is 0 Å². The van der Waals surface area contributed by atoms with E-state index in [1.807, 2.05) is 19.4 Å². The van der Waals surface area contributed by atoms with Crippen molar-refractivity contribution in [3.05, 3.63) is 47.8 Å². The van der Waals surface area contributed by atoms with Crippen LogP contribution in [-0.2, 0) is 13.5 Å². The smallest absolute Gasteiger partial charge is 0.251 e. The van der Waals surface area contributed by atoms with Crippen LogP contribution in [0.1, 0.15) is 22.3 Å². The molecule has 0 unspecified atom stereocenters. The first kappa shape index (κ1) is 16.0. The summed E-state index contributed by atoms with van der Waals surface area (Å²) < 4.78 is 1.78. The maximum Gasteiger partial charge on any atom is 0.251 e. The van der Waals surface area contributed by atoms with Gasteiger partial charge in [-0.05, 0) is 36.6 Å². The van der Waals surface area contributed by atoms with Crippen LogP contribution in [0, 0.1) is 0 Å². The number of aryl methyl sites for hydroxylation is 2. The number of carbonyl (C=O) groups excluding carboxylic acids is 1. The third kappa shape index (κ3) is 4.59. The van der Waals surface area contributed by atoms with Crippen molar-refractivity contribution in [3.63, 3.8) is 0 Å². The van der Waals surface area contributed by atoms with Gasteiger partial charge >= 0.3 is 0 Å². The van der Waals surface area contributed by atoms with Gasteiger partial charge in [0, 0.05) is 31.0 Å². The highest BCUT2D eigenvalue weighted by atomic mass is 35.5. The number of benzene rings is 1. The molecule has 2 aromatic rings. The zero-order chi connectivity index (χ0) is 13.7. The minimum Gasteiger partial charge on any atom is -0.399 e. The van der Waals surface area contributed by atoms with Crippen LogP contribution in [0.2, 0.25) is 0 Å². The Bertz CT molecular complexity index is 568.